The van der Waals surface area contributed by atoms with Crippen LogP contribution < -0.4 is 4.74 Å². The topological polar surface area (TPSA) is 72.6 Å². The summed E-state index contributed by atoms with van der Waals surface area (Å²) in [6.45, 7) is 1.17. The van der Waals surface area contributed by atoms with Gasteiger partial charge in [-0.1, -0.05) is 12.1 Å². The number of hydrogen-bond donors (Lipinski definition) is 1. The summed E-state index contributed by atoms with van der Waals surface area (Å²) < 4.78 is 18.9. The number of halogens is 1. The molecule has 0 atom stereocenters. The van der Waals surface area contributed by atoms with E-state index in [1.807, 2.05) is 0 Å². The van der Waals surface area contributed by atoms with Crippen LogP contribution >= 0.6 is 0 Å². The zero-order valence-electron chi connectivity index (χ0n) is 10.7. The van der Waals surface area contributed by atoms with E-state index in [-0.39, 0.29) is 22.7 Å². The van der Waals surface area contributed by atoms with Gasteiger partial charge < -0.3 is 9.84 Å². The van der Waals surface area contributed by atoms with Crippen molar-refractivity contribution >= 4 is 5.69 Å². The second-order valence-corrected chi connectivity index (χ2v) is 4.20. The minimum absolute atomic E-state index is 0.000833. The molecule has 5 nitrogen and oxygen atoms in total. The van der Waals surface area contributed by atoms with Gasteiger partial charge in [0.2, 0.25) is 5.75 Å². The molecule has 0 unspecified atom stereocenters. The number of aryl methyl sites for hydroxylation is 1. The fourth-order valence-electron chi connectivity index (χ4n) is 1.76. The highest BCUT2D eigenvalue weighted by Gasteiger charge is 2.18. The third kappa shape index (κ3) is 2.75. The first-order valence-electron chi connectivity index (χ1n) is 5.84. The van der Waals surface area contributed by atoms with E-state index in [0.29, 0.717) is 5.56 Å². The van der Waals surface area contributed by atoms with Gasteiger partial charge in [-0.25, -0.2) is 4.39 Å². The highest BCUT2D eigenvalue weighted by atomic mass is 19.1. The highest BCUT2D eigenvalue weighted by molar-refractivity contribution is 5.51. The Labute approximate surface area is 114 Å². The van der Waals surface area contributed by atoms with E-state index in [9.17, 15) is 14.5 Å². The number of hydrogen-bond acceptors (Lipinski definition) is 4. The largest absolute Gasteiger partial charge is 0.450 e. The zero-order chi connectivity index (χ0) is 14.7. The molecule has 0 aliphatic rings. The molecule has 0 saturated carbocycles. The van der Waals surface area contributed by atoms with Gasteiger partial charge in [0.15, 0.2) is 0 Å². The predicted molar refractivity (Wildman–Crippen MR) is 70.2 cm³/mol. The molecule has 2 rings (SSSR count). The van der Waals surface area contributed by atoms with Crippen LogP contribution in [0.3, 0.4) is 0 Å². The van der Waals surface area contributed by atoms with Crippen LogP contribution in [0, 0.1) is 22.9 Å². The first-order valence-corrected chi connectivity index (χ1v) is 5.84. The molecule has 0 saturated heterocycles. The van der Waals surface area contributed by atoms with Crippen molar-refractivity contribution in [3.05, 3.63) is 63.5 Å². The van der Waals surface area contributed by atoms with E-state index in [1.165, 1.54) is 30.3 Å². The minimum atomic E-state index is -0.625. The molecular formula is C14H12FNO4. The Bertz CT molecular complexity index is 658. The smallest absolute Gasteiger partial charge is 0.311 e. The fraction of sp³-hybridized carbons (Fsp3) is 0.143. The highest BCUT2D eigenvalue weighted by Crippen LogP contribution is 2.34. The van der Waals surface area contributed by atoms with E-state index >= 15 is 0 Å². The molecule has 2 aromatic carbocycles. The number of aliphatic hydroxyl groups excluding tert-OH is 1. The van der Waals surface area contributed by atoms with Gasteiger partial charge in [0.25, 0.3) is 0 Å². The summed E-state index contributed by atoms with van der Waals surface area (Å²) in [5.74, 6) is -0.569. The maximum absolute atomic E-state index is 13.5. The molecule has 2 aromatic rings. The molecule has 104 valence electrons. The maximum atomic E-state index is 13.5. The summed E-state index contributed by atoms with van der Waals surface area (Å²) in [5, 5.41) is 20.1. The Morgan fingerprint density at radius 2 is 2.05 bits per heavy atom. The van der Waals surface area contributed by atoms with E-state index < -0.39 is 17.3 Å². The van der Waals surface area contributed by atoms with Crippen molar-refractivity contribution in [3.8, 4) is 11.5 Å². The van der Waals surface area contributed by atoms with Crippen molar-refractivity contribution in [1.29, 1.82) is 0 Å². The van der Waals surface area contributed by atoms with E-state index in [2.05, 4.69) is 0 Å². The van der Waals surface area contributed by atoms with E-state index in [1.54, 1.807) is 13.0 Å². The van der Waals surface area contributed by atoms with Crippen molar-refractivity contribution in [2.45, 2.75) is 13.5 Å². The molecular weight excluding hydrogens is 265 g/mol. The molecule has 0 spiro atoms. The Kier molecular flexibility index (Phi) is 3.95. The molecule has 0 amide bonds. The summed E-state index contributed by atoms with van der Waals surface area (Å²) in [6, 6.07) is 8.50. The van der Waals surface area contributed by atoms with Crippen molar-refractivity contribution in [2.24, 2.45) is 0 Å². The van der Waals surface area contributed by atoms with Crippen LogP contribution in [0.2, 0.25) is 0 Å². The summed E-state index contributed by atoms with van der Waals surface area (Å²) >= 11 is 0. The van der Waals surface area contributed by atoms with Gasteiger partial charge in [-0.15, -0.1) is 0 Å². The molecule has 0 fully saturated rings. The Morgan fingerprint density at radius 3 is 2.70 bits per heavy atom. The van der Waals surface area contributed by atoms with Crippen LogP contribution in [0.4, 0.5) is 10.1 Å². The second-order valence-electron chi connectivity index (χ2n) is 4.20. The molecule has 0 radical (unpaired) electrons. The van der Waals surface area contributed by atoms with Crippen LogP contribution in [0.1, 0.15) is 11.1 Å². The summed E-state index contributed by atoms with van der Waals surface area (Å²) in [7, 11) is 0. The number of aliphatic hydroxyl groups is 1. The normalized spacial score (nSPS) is 10.3. The number of rotatable bonds is 4. The monoisotopic (exact) mass is 277 g/mol. The second kappa shape index (κ2) is 5.66. The SMILES string of the molecule is Cc1ccc(Oc2cccc(F)c2CO)c([N+](=O)[O-])c1. The lowest BCUT2D eigenvalue weighted by Gasteiger charge is -2.10. The lowest BCUT2D eigenvalue weighted by Crippen LogP contribution is -1.98. The molecule has 0 aliphatic heterocycles. The van der Waals surface area contributed by atoms with Crippen LogP contribution in [0.5, 0.6) is 11.5 Å². The van der Waals surface area contributed by atoms with Crippen LogP contribution in [0.15, 0.2) is 36.4 Å². The first-order chi connectivity index (χ1) is 9.52. The molecule has 0 aliphatic carbocycles. The number of ether oxygens (including phenoxy) is 1. The average molecular weight is 277 g/mol. The van der Waals surface area contributed by atoms with Crippen LogP contribution in [-0.4, -0.2) is 10.0 Å². The van der Waals surface area contributed by atoms with Crippen molar-refractivity contribution < 1.29 is 19.2 Å². The third-order valence-electron chi connectivity index (χ3n) is 2.77. The van der Waals surface area contributed by atoms with E-state index in [0.717, 1.165) is 0 Å². The number of benzene rings is 2. The molecule has 0 heterocycles. The number of nitro benzene ring substituents is 1. The van der Waals surface area contributed by atoms with Gasteiger partial charge >= 0.3 is 5.69 Å². The van der Waals surface area contributed by atoms with Gasteiger partial charge in [0.1, 0.15) is 11.6 Å². The van der Waals surface area contributed by atoms with Gasteiger partial charge in [-0.3, -0.25) is 10.1 Å². The summed E-state index contributed by atoms with van der Waals surface area (Å²) in [5.41, 5.74) is 0.464. The van der Waals surface area contributed by atoms with Crippen molar-refractivity contribution in [2.75, 3.05) is 0 Å². The standard InChI is InChI=1S/C14H12FNO4/c1-9-5-6-14(12(7-9)16(18)19)20-13-4-2-3-11(15)10(13)8-17/h2-7,17H,8H2,1H3. The van der Waals surface area contributed by atoms with Crippen molar-refractivity contribution in [3.63, 3.8) is 0 Å². The van der Waals surface area contributed by atoms with Crippen LogP contribution in [-0.2, 0) is 6.61 Å². The number of nitrogens with zero attached hydrogens (tertiary/aromatic N) is 1. The van der Waals surface area contributed by atoms with Gasteiger partial charge in [0.05, 0.1) is 17.1 Å². The Morgan fingerprint density at radius 1 is 1.30 bits per heavy atom. The molecule has 0 bridgehead atoms. The first kappa shape index (κ1) is 14.0. The van der Waals surface area contributed by atoms with E-state index in [4.69, 9.17) is 9.84 Å². The fourth-order valence-corrected chi connectivity index (χ4v) is 1.76. The lowest BCUT2D eigenvalue weighted by molar-refractivity contribution is -0.385. The lowest BCUT2D eigenvalue weighted by atomic mass is 10.2. The van der Waals surface area contributed by atoms with Crippen molar-refractivity contribution in [1.82, 2.24) is 0 Å². The zero-order valence-corrected chi connectivity index (χ0v) is 10.7. The van der Waals surface area contributed by atoms with Gasteiger partial charge in [0, 0.05) is 6.07 Å². The van der Waals surface area contributed by atoms with Crippen LogP contribution in [0.25, 0.3) is 0 Å². The molecule has 1 N–H and O–H groups in total. The van der Waals surface area contributed by atoms with Gasteiger partial charge in [-0.2, -0.15) is 0 Å². The molecule has 20 heavy (non-hydrogen) atoms. The third-order valence-corrected chi connectivity index (χ3v) is 2.77. The predicted octanol–water partition coefficient (Wildman–Crippen LogP) is 3.33. The summed E-state index contributed by atoms with van der Waals surface area (Å²) in [4.78, 5) is 10.4. The molecule has 6 heteroatoms. The number of nitro groups is 1. The minimum Gasteiger partial charge on any atom is -0.450 e. The average Bonchev–Trinajstić information content (AvgIpc) is 2.41. The Hall–Kier alpha value is -2.47. The molecule has 0 aromatic heterocycles. The quantitative estimate of drug-likeness (QED) is 0.687. The Balaban J connectivity index is 2.45. The maximum Gasteiger partial charge on any atom is 0.311 e. The van der Waals surface area contributed by atoms with Gasteiger partial charge in [-0.05, 0) is 30.7 Å². The summed E-state index contributed by atoms with van der Waals surface area (Å²) in [6.07, 6.45) is 0.